The number of pyridine rings is 1. The Kier molecular flexibility index (Phi) is 6.58. The lowest BCUT2D eigenvalue weighted by molar-refractivity contribution is -0.124. The van der Waals surface area contributed by atoms with E-state index < -0.39 is 0 Å². The molecular weight excluding hydrogens is 408 g/mol. The third-order valence-electron chi connectivity index (χ3n) is 4.73. The van der Waals surface area contributed by atoms with Crippen LogP contribution in [0.25, 0.3) is 0 Å². The summed E-state index contributed by atoms with van der Waals surface area (Å²) < 4.78 is 0.866. The van der Waals surface area contributed by atoms with Gasteiger partial charge >= 0.3 is 0 Å². The van der Waals surface area contributed by atoms with Crippen LogP contribution >= 0.6 is 15.9 Å². The fraction of sp³-hybridized carbons (Fsp3) is 0.350. The van der Waals surface area contributed by atoms with Gasteiger partial charge in [-0.25, -0.2) is 4.98 Å². The predicted molar refractivity (Wildman–Crippen MR) is 110 cm³/mol. The maximum atomic E-state index is 12.6. The number of aromatic nitrogens is 1. The van der Waals surface area contributed by atoms with Crippen molar-refractivity contribution >= 4 is 39.2 Å². The van der Waals surface area contributed by atoms with Crippen molar-refractivity contribution in [1.29, 1.82) is 0 Å². The number of amides is 2. The van der Waals surface area contributed by atoms with Crippen molar-refractivity contribution in [3.05, 3.63) is 53.1 Å². The average Bonchev–Trinajstić information content (AvgIpc) is 2.70. The maximum absolute atomic E-state index is 12.6. The van der Waals surface area contributed by atoms with Crippen LogP contribution in [-0.4, -0.2) is 48.4 Å². The van der Waals surface area contributed by atoms with E-state index in [4.69, 9.17) is 0 Å². The molecule has 1 saturated heterocycles. The van der Waals surface area contributed by atoms with E-state index in [1.807, 2.05) is 36.4 Å². The Morgan fingerprint density at radius 2 is 2.04 bits per heavy atom. The fourth-order valence-electron chi connectivity index (χ4n) is 3.18. The van der Waals surface area contributed by atoms with Crippen LogP contribution in [0.15, 0.2) is 53.1 Å². The maximum Gasteiger partial charge on any atom is 0.240 e. The minimum Gasteiger partial charge on any atom is -0.314 e. The van der Waals surface area contributed by atoms with Crippen LogP contribution in [0.3, 0.4) is 0 Å². The molecule has 1 N–H and O–H groups in total. The van der Waals surface area contributed by atoms with Crippen LogP contribution in [-0.2, 0) is 9.59 Å². The molecule has 1 aliphatic rings. The van der Waals surface area contributed by atoms with Crippen LogP contribution < -0.4 is 10.2 Å². The molecule has 1 fully saturated rings. The van der Waals surface area contributed by atoms with Crippen molar-refractivity contribution in [2.24, 2.45) is 5.92 Å². The molecule has 1 aliphatic heterocycles. The Morgan fingerprint density at radius 3 is 2.74 bits per heavy atom. The number of rotatable bonds is 5. The smallest absolute Gasteiger partial charge is 0.240 e. The highest BCUT2D eigenvalue weighted by atomic mass is 79.9. The number of piperidine rings is 1. The van der Waals surface area contributed by atoms with E-state index in [-0.39, 0.29) is 17.7 Å². The van der Waals surface area contributed by atoms with Crippen molar-refractivity contribution in [1.82, 2.24) is 9.88 Å². The molecule has 0 aliphatic carbocycles. The minimum atomic E-state index is -0.140. The lowest BCUT2D eigenvalue weighted by atomic mass is 9.97. The van der Waals surface area contributed by atoms with Gasteiger partial charge in [0.2, 0.25) is 11.8 Å². The van der Waals surface area contributed by atoms with Gasteiger partial charge in [0, 0.05) is 29.9 Å². The molecular formula is C20H23BrN4O2. The van der Waals surface area contributed by atoms with Crippen LogP contribution in [0, 0.1) is 5.92 Å². The average molecular weight is 431 g/mol. The second-order valence-electron chi connectivity index (χ2n) is 6.71. The van der Waals surface area contributed by atoms with E-state index in [9.17, 15) is 9.59 Å². The quantitative estimate of drug-likeness (QED) is 0.790. The number of likely N-dealkylation sites (N-methyl/N-ethyl adjacent to an activating group) is 1. The van der Waals surface area contributed by atoms with Gasteiger partial charge in [-0.2, -0.15) is 0 Å². The Hall–Kier alpha value is -2.25. The predicted octanol–water partition coefficient (Wildman–Crippen LogP) is 3.16. The second-order valence-corrected chi connectivity index (χ2v) is 7.63. The largest absolute Gasteiger partial charge is 0.314 e. The van der Waals surface area contributed by atoms with Gasteiger partial charge in [-0.1, -0.05) is 18.2 Å². The molecule has 1 unspecified atom stereocenters. The van der Waals surface area contributed by atoms with E-state index >= 15 is 0 Å². The van der Waals surface area contributed by atoms with Crippen molar-refractivity contribution in [2.45, 2.75) is 12.8 Å². The third-order valence-corrected chi connectivity index (χ3v) is 5.20. The van der Waals surface area contributed by atoms with E-state index in [1.54, 1.807) is 24.2 Å². The van der Waals surface area contributed by atoms with Gasteiger partial charge in [-0.15, -0.1) is 0 Å². The monoisotopic (exact) mass is 430 g/mol. The molecule has 6 nitrogen and oxygen atoms in total. The van der Waals surface area contributed by atoms with E-state index in [0.717, 1.165) is 29.5 Å². The van der Waals surface area contributed by atoms with Crippen molar-refractivity contribution in [2.75, 3.05) is 36.9 Å². The van der Waals surface area contributed by atoms with Crippen molar-refractivity contribution in [3.8, 4) is 0 Å². The molecule has 7 heteroatoms. The number of hydrogen-bond donors (Lipinski definition) is 1. The molecule has 2 amide bonds. The van der Waals surface area contributed by atoms with Crippen molar-refractivity contribution in [3.63, 3.8) is 0 Å². The summed E-state index contributed by atoms with van der Waals surface area (Å²) in [6.45, 7) is 1.72. The number of halogens is 1. The summed E-state index contributed by atoms with van der Waals surface area (Å²) in [5.41, 5.74) is 0.870. The van der Waals surface area contributed by atoms with Gasteiger partial charge in [-0.05, 0) is 59.6 Å². The molecule has 0 bridgehead atoms. The normalized spacial score (nSPS) is 17.3. The van der Waals surface area contributed by atoms with Gasteiger partial charge < -0.3 is 10.2 Å². The summed E-state index contributed by atoms with van der Waals surface area (Å²) in [4.78, 5) is 33.0. The Morgan fingerprint density at radius 1 is 1.26 bits per heavy atom. The lowest BCUT2D eigenvalue weighted by Crippen LogP contribution is -2.45. The first kappa shape index (κ1) is 19.5. The van der Waals surface area contributed by atoms with E-state index in [1.165, 1.54) is 0 Å². The Bertz CT molecular complexity index is 782. The highest BCUT2D eigenvalue weighted by Gasteiger charge is 2.27. The first-order valence-corrected chi connectivity index (χ1v) is 9.78. The first-order chi connectivity index (χ1) is 13.0. The first-order valence-electron chi connectivity index (χ1n) is 8.99. The number of para-hydroxylation sites is 1. The number of anilines is 2. The molecule has 142 valence electrons. The number of benzene rings is 1. The summed E-state index contributed by atoms with van der Waals surface area (Å²) in [6, 6.07) is 13.2. The fourth-order valence-corrected chi connectivity index (χ4v) is 3.42. The summed E-state index contributed by atoms with van der Waals surface area (Å²) in [7, 11) is 1.78. The molecule has 0 saturated carbocycles. The summed E-state index contributed by atoms with van der Waals surface area (Å²) in [6.07, 6.45) is 3.37. The molecule has 0 spiro atoms. The number of hydrogen-bond acceptors (Lipinski definition) is 4. The number of carbonyl (C=O) groups excluding carboxylic acids is 2. The van der Waals surface area contributed by atoms with Crippen LogP contribution in [0.5, 0.6) is 0 Å². The van der Waals surface area contributed by atoms with Crippen molar-refractivity contribution < 1.29 is 9.59 Å². The highest BCUT2D eigenvalue weighted by Crippen LogP contribution is 2.20. The lowest BCUT2D eigenvalue weighted by Gasteiger charge is -2.32. The number of likely N-dealkylation sites (tertiary alicyclic amines) is 1. The molecule has 1 aromatic carbocycles. The molecule has 1 aromatic heterocycles. The highest BCUT2D eigenvalue weighted by molar-refractivity contribution is 9.10. The number of nitrogens with zero attached hydrogens (tertiary/aromatic N) is 3. The Balaban J connectivity index is 1.54. The summed E-state index contributed by atoms with van der Waals surface area (Å²) in [5.74, 6) is 0.384. The summed E-state index contributed by atoms with van der Waals surface area (Å²) >= 11 is 3.33. The zero-order chi connectivity index (χ0) is 19.2. The molecule has 0 radical (unpaired) electrons. The Labute approximate surface area is 167 Å². The SMILES string of the molecule is CN(C(=O)CN1CCCC(C(=O)Nc2ccc(Br)cn2)C1)c1ccccc1. The number of nitrogens with one attached hydrogen (secondary N) is 1. The second kappa shape index (κ2) is 9.10. The molecule has 27 heavy (non-hydrogen) atoms. The standard InChI is InChI=1S/C20H23BrN4O2/c1-24(17-7-3-2-4-8-17)19(26)14-25-11-5-6-15(13-25)20(27)23-18-10-9-16(21)12-22-18/h2-4,7-10,12,15H,5-6,11,13-14H2,1H3,(H,22,23,27). The molecule has 2 heterocycles. The topological polar surface area (TPSA) is 65.5 Å². The zero-order valence-electron chi connectivity index (χ0n) is 15.3. The van der Waals surface area contributed by atoms with Gasteiger partial charge in [0.15, 0.2) is 0 Å². The van der Waals surface area contributed by atoms with E-state index in [0.29, 0.717) is 18.9 Å². The minimum absolute atomic E-state index is 0.0248. The zero-order valence-corrected chi connectivity index (χ0v) is 16.9. The van der Waals surface area contributed by atoms with Crippen LogP contribution in [0.2, 0.25) is 0 Å². The summed E-state index contributed by atoms with van der Waals surface area (Å²) in [5, 5.41) is 2.87. The molecule has 1 atom stereocenters. The van der Waals surface area contributed by atoms with E-state index in [2.05, 4.69) is 31.1 Å². The third kappa shape index (κ3) is 5.37. The van der Waals surface area contributed by atoms with Crippen LogP contribution in [0.1, 0.15) is 12.8 Å². The molecule has 2 aromatic rings. The van der Waals surface area contributed by atoms with Gasteiger partial charge in [0.05, 0.1) is 12.5 Å². The van der Waals surface area contributed by atoms with Gasteiger partial charge in [0.1, 0.15) is 5.82 Å². The van der Waals surface area contributed by atoms with Gasteiger partial charge in [0.25, 0.3) is 0 Å². The number of carbonyl (C=O) groups is 2. The molecule has 3 rings (SSSR count). The van der Waals surface area contributed by atoms with Crippen LogP contribution in [0.4, 0.5) is 11.5 Å². The van der Waals surface area contributed by atoms with Gasteiger partial charge in [-0.3, -0.25) is 14.5 Å².